The second kappa shape index (κ2) is 16.4. The van der Waals surface area contributed by atoms with Crippen molar-refractivity contribution in [3.8, 4) is 0 Å². The maximum Gasteiger partial charge on any atom is -0.0324 e. The monoisotopic (exact) mass is 295 g/mol. The molecule has 1 radical (unpaired) electrons. The van der Waals surface area contributed by atoms with Gasteiger partial charge in [-0.15, -0.1) is 0 Å². The molecule has 0 saturated heterocycles. The molecule has 0 aliphatic rings. The van der Waals surface area contributed by atoms with Crippen LogP contribution in [0.2, 0.25) is 0 Å². The molecule has 2 atom stereocenters. The molecule has 0 fully saturated rings. The van der Waals surface area contributed by atoms with Crippen LogP contribution >= 0.6 is 0 Å². The van der Waals surface area contributed by atoms with Crippen LogP contribution in [0, 0.1) is 18.3 Å². The van der Waals surface area contributed by atoms with E-state index < -0.39 is 0 Å². The van der Waals surface area contributed by atoms with Gasteiger partial charge in [-0.2, -0.15) is 0 Å². The predicted molar refractivity (Wildman–Crippen MR) is 98.6 cm³/mol. The minimum absolute atomic E-state index is 0.881. The van der Waals surface area contributed by atoms with Gasteiger partial charge in [-0.05, 0) is 18.3 Å². The molecule has 127 valence electrons. The molecule has 0 bridgehead atoms. The third-order valence-electron chi connectivity index (χ3n) is 4.85. The molecule has 0 aromatic heterocycles. The van der Waals surface area contributed by atoms with E-state index in [0.717, 1.165) is 11.8 Å². The largest absolute Gasteiger partial charge is 0.0654 e. The Hall–Kier alpha value is 0. The van der Waals surface area contributed by atoms with Crippen molar-refractivity contribution in [1.82, 2.24) is 0 Å². The van der Waals surface area contributed by atoms with Crippen LogP contribution in [0.5, 0.6) is 0 Å². The first-order valence-electron chi connectivity index (χ1n) is 10.1. The Morgan fingerprint density at radius 3 is 1.57 bits per heavy atom. The minimum Gasteiger partial charge on any atom is -0.0654 e. The van der Waals surface area contributed by atoms with Crippen LogP contribution in [0.1, 0.15) is 118 Å². The summed E-state index contributed by atoms with van der Waals surface area (Å²) < 4.78 is 0. The van der Waals surface area contributed by atoms with Crippen LogP contribution in [0.25, 0.3) is 0 Å². The summed E-state index contributed by atoms with van der Waals surface area (Å²) in [4.78, 5) is 0. The molecular formula is C21H43. The van der Waals surface area contributed by atoms with E-state index >= 15 is 0 Å². The maximum atomic E-state index is 2.75. The summed E-state index contributed by atoms with van der Waals surface area (Å²) in [5.41, 5.74) is 0. The summed E-state index contributed by atoms with van der Waals surface area (Å²) in [6.45, 7) is 9.32. The smallest absolute Gasteiger partial charge is 0.0324 e. The van der Waals surface area contributed by atoms with E-state index in [0.29, 0.717) is 0 Å². The van der Waals surface area contributed by atoms with Crippen molar-refractivity contribution in [1.29, 1.82) is 0 Å². The van der Waals surface area contributed by atoms with Gasteiger partial charge < -0.3 is 0 Å². The third kappa shape index (κ3) is 13.4. The first-order valence-corrected chi connectivity index (χ1v) is 10.1. The zero-order valence-corrected chi connectivity index (χ0v) is 15.6. The minimum atomic E-state index is 0.881. The Labute approximate surface area is 136 Å². The fourth-order valence-corrected chi connectivity index (χ4v) is 3.28. The summed E-state index contributed by atoms with van der Waals surface area (Å²) in [5, 5.41) is 0. The summed E-state index contributed by atoms with van der Waals surface area (Å²) in [5.74, 6) is 1.78. The maximum absolute atomic E-state index is 2.75. The lowest BCUT2D eigenvalue weighted by Crippen LogP contribution is -2.10. The fourth-order valence-electron chi connectivity index (χ4n) is 3.28. The molecule has 0 amide bonds. The highest BCUT2D eigenvalue weighted by atomic mass is 14.2. The van der Waals surface area contributed by atoms with Gasteiger partial charge in [-0.25, -0.2) is 0 Å². The number of hydrogen-bond donors (Lipinski definition) is 0. The van der Waals surface area contributed by atoms with E-state index in [1.165, 1.54) is 89.9 Å². The zero-order valence-electron chi connectivity index (χ0n) is 15.6. The Kier molecular flexibility index (Phi) is 16.4. The molecule has 0 heteroatoms. The van der Waals surface area contributed by atoms with Gasteiger partial charge in [-0.3, -0.25) is 0 Å². The van der Waals surface area contributed by atoms with Crippen molar-refractivity contribution in [2.75, 3.05) is 0 Å². The number of hydrogen-bond acceptors (Lipinski definition) is 0. The van der Waals surface area contributed by atoms with Crippen molar-refractivity contribution < 1.29 is 0 Å². The van der Waals surface area contributed by atoms with Crippen LogP contribution < -0.4 is 0 Å². The van der Waals surface area contributed by atoms with E-state index in [1.54, 1.807) is 0 Å². The molecule has 0 heterocycles. The Morgan fingerprint density at radius 2 is 1.00 bits per heavy atom. The average molecular weight is 296 g/mol. The summed E-state index contributed by atoms with van der Waals surface area (Å²) in [6, 6.07) is 0. The Balaban J connectivity index is 3.93. The Morgan fingerprint density at radius 1 is 0.524 bits per heavy atom. The molecule has 0 N–H and O–H groups in total. The lowest BCUT2D eigenvalue weighted by Gasteiger charge is -2.22. The second-order valence-corrected chi connectivity index (χ2v) is 6.96. The molecule has 0 saturated carbocycles. The highest BCUT2D eigenvalue weighted by molar-refractivity contribution is 4.83. The van der Waals surface area contributed by atoms with Crippen LogP contribution in [-0.2, 0) is 0 Å². The van der Waals surface area contributed by atoms with Gasteiger partial charge in [-0.1, -0.05) is 118 Å². The Bertz CT molecular complexity index is 184. The van der Waals surface area contributed by atoms with Gasteiger partial charge in [0.2, 0.25) is 0 Å². The molecule has 21 heavy (non-hydrogen) atoms. The first kappa shape index (κ1) is 21.0. The van der Waals surface area contributed by atoms with Gasteiger partial charge in [0.05, 0.1) is 0 Å². The van der Waals surface area contributed by atoms with E-state index in [9.17, 15) is 0 Å². The molecule has 0 aromatic carbocycles. The lowest BCUT2D eigenvalue weighted by molar-refractivity contribution is 0.386. The normalized spacial score (nSPS) is 14.3. The zero-order chi connectivity index (χ0) is 15.8. The van der Waals surface area contributed by atoms with Crippen LogP contribution in [-0.4, -0.2) is 0 Å². The number of unbranched alkanes of at least 4 members (excludes halogenated alkanes) is 7. The van der Waals surface area contributed by atoms with Crippen molar-refractivity contribution in [3.63, 3.8) is 0 Å². The van der Waals surface area contributed by atoms with E-state index in [1.807, 2.05) is 0 Å². The number of rotatable bonds is 16. The quantitative estimate of drug-likeness (QED) is 0.253. The standard InChI is InChI=1S/C21H43/c1-5-9-12-13-14-15-18-21(17-11-7-3)19-20(8-4)16-10-6-2/h19-21H,5-18H2,1-4H3. The summed E-state index contributed by atoms with van der Waals surface area (Å²) in [6.07, 6.45) is 22.6. The average Bonchev–Trinajstić information content (AvgIpc) is 2.51. The fraction of sp³-hybridized carbons (Fsp3) is 0.952. The van der Waals surface area contributed by atoms with Crippen molar-refractivity contribution in [2.45, 2.75) is 118 Å². The molecule has 0 nitrogen and oxygen atoms in total. The van der Waals surface area contributed by atoms with E-state index in [4.69, 9.17) is 0 Å². The molecular weight excluding hydrogens is 252 g/mol. The van der Waals surface area contributed by atoms with Gasteiger partial charge in [0.25, 0.3) is 0 Å². The SMILES string of the molecule is CCCCCCCCC([CH]C(CC)CCCC)CCCC. The second-order valence-electron chi connectivity index (χ2n) is 6.96. The molecule has 0 spiro atoms. The van der Waals surface area contributed by atoms with Gasteiger partial charge in [0.15, 0.2) is 0 Å². The predicted octanol–water partition coefficient (Wildman–Crippen LogP) is 7.96. The molecule has 2 unspecified atom stereocenters. The van der Waals surface area contributed by atoms with Crippen molar-refractivity contribution >= 4 is 0 Å². The van der Waals surface area contributed by atoms with E-state index in [-0.39, 0.29) is 0 Å². The van der Waals surface area contributed by atoms with Gasteiger partial charge >= 0.3 is 0 Å². The van der Waals surface area contributed by atoms with Crippen LogP contribution in [0.15, 0.2) is 0 Å². The third-order valence-corrected chi connectivity index (χ3v) is 4.85. The van der Waals surface area contributed by atoms with E-state index in [2.05, 4.69) is 34.1 Å². The van der Waals surface area contributed by atoms with Crippen molar-refractivity contribution in [2.24, 2.45) is 11.8 Å². The van der Waals surface area contributed by atoms with Gasteiger partial charge in [0.1, 0.15) is 0 Å². The van der Waals surface area contributed by atoms with Crippen LogP contribution in [0.3, 0.4) is 0 Å². The van der Waals surface area contributed by atoms with Gasteiger partial charge in [0, 0.05) is 0 Å². The molecule has 0 aliphatic heterocycles. The lowest BCUT2D eigenvalue weighted by atomic mass is 9.83. The highest BCUT2D eigenvalue weighted by Gasteiger charge is 2.15. The highest BCUT2D eigenvalue weighted by Crippen LogP contribution is 2.27. The molecule has 0 rings (SSSR count). The summed E-state index contributed by atoms with van der Waals surface area (Å²) in [7, 11) is 0. The first-order chi connectivity index (χ1) is 10.3. The molecule has 0 aromatic rings. The summed E-state index contributed by atoms with van der Waals surface area (Å²) >= 11 is 0. The van der Waals surface area contributed by atoms with Crippen molar-refractivity contribution in [3.05, 3.63) is 6.42 Å². The molecule has 0 aliphatic carbocycles. The topological polar surface area (TPSA) is 0 Å². The van der Waals surface area contributed by atoms with Crippen LogP contribution in [0.4, 0.5) is 0 Å².